The number of carbonyl (C=O) groups excluding carboxylic acids is 1. The quantitative estimate of drug-likeness (QED) is 0.795. The Morgan fingerprint density at radius 1 is 1.62 bits per heavy atom. The zero-order chi connectivity index (χ0) is 12.0. The van der Waals surface area contributed by atoms with E-state index in [-0.39, 0.29) is 11.9 Å². The van der Waals surface area contributed by atoms with Gasteiger partial charge in [-0.05, 0) is 24.8 Å². The fourth-order valence-electron chi connectivity index (χ4n) is 1.24. The number of thioether (sulfide) groups is 1. The van der Waals surface area contributed by atoms with Crippen molar-refractivity contribution >= 4 is 17.7 Å². The lowest BCUT2D eigenvalue weighted by molar-refractivity contribution is 0.0914. The summed E-state index contributed by atoms with van der Waals surface area (Å²) in [6.07, 6.45) is 0. The van der Waals surface area contributed by atoms with Crippen molar-refractivity contribution in [3.8, 4) is 0 Å². The van der Waals surface area contributed by atoms with E-state index in [4.69, 9.17) is 10.2 Å². The molecule has 16 heavy (non-hydrogen) atoms. The molecule has 1 aromatic rings. The molecule has 0 aromatic carbocycles. The van der Waals surface area contributed by atoms with Crippen LogP contribution in [0.1, 0.15) is 30.2 Å². The van der Waals surface area contributed by atoms with Crippen LogP contribution in [0, 0.1) is 0 Å². The smallest absolute Gasteiger partial charge is 0.287 e. The Labute approximate surface area is 100.0 Å². The first-order valence-electron chi connectivity index (χ1n) is 5.34. The largest absolute Gasteiger partial charge is 0.455 e. The Balaban J connectivity index is 2.45. The summed E-state index contributed by atoms with van der Waals surface area (Å²) in [6, 6.07) is 3.52. The van der Waals surface area contributed by atoms with Crippen molar-refractivity contribution in [1.29, 1.82) is 0 Å². The maximum absolute atomic E-state index is 11.7. The van der Waals surface area contributed by atoms with Crippen LogP contribution in [0.15, 0.2) is 16.5 Å². The van der Waals surface area contributed by atoms with Gasteiger partial charge in [-0.15, -0.1) is 0 Å². The van der Waals surface area contributed by atoms with Crippen LogP contribution < -0.4 is 11.1 Å². The van der Waals surface area contributed by atoms with Gasteiger partial charge < -0.3 is 15.5 Å². The van der Waals surface area contributed by atoms with Crippen LogP contribution in [0.25, 0.3) is 0 Å². The van der Waals surface area contributed by atoms with Gasteiger partial charge in [0.25, 0.3) is 5.91 Å². The number of rotatable bonds is 6. The average molecular weight is 242 g/mol. The Morgan fingerprint density at radius 3 is 2.94 bits per heavy atom. The summed E-state index contributed by atoms with van der Waals surface area (Å²) in [6.45, 7) is 4.39. The van der Waals surface area contributed by atoms with Crippen LogP contribution in [0.4, 0.5) is 0 Å². The highest BCUT2D eigenvalue weighted by Gasteiger charge is 2.13. The topological polar surface area (TPSA) is 68.3 Å². The Kier molecular flexibility index (Phi) is 5.42. The molecule has 0 saturated carbocycles. The van der Waals surface area contributed by atoms with Crippen molar-refractivity contribution in [3.05, 3.63) is 23.7 Å². The number of amides is 1. The molecule has 1 amide bonds. The molecule has 5 heteroatoms. The van der Waals surface area contributed by atoms with E-state index in [1.807, 2.05) is 6.92 Å². The molecule has 0 fully saturated rings. The molecule has 1 atom stereocenters. The molecule has 90 valence electrons. The minimum absolute atomic E-state index is 0.142. The SMILES string of the molecule is CCSCC(C)NC(=O)c1ccc(CN)o1. The average Bonchev–Trinajstić information content (AvgIpc) is 2.74. The molecular formula is C11H18N2O2S. The molecule has 0 radical (unpaired) electrons. The number of carbonyl (C=O) groups is 1. The Hall–Kier alpha value is -0.940. The van der Waals surface area contributed by atoms with Crippen molar-refractivity contribution < 1.29 is 9.21 Å². The van der Waals surface area contributed by atoms with Crippen molar-refractivity contribution in [3.63, 3.8) is 0 Å². The van der Waals surface area contributed by atoms with Crippen molar-refractivity contribution in [1.82, 2.24) is 5.32 Å². The van der Waals surface area contributed by atoms with Crippen molar-refractivity contribution in [2.75, 3.05) is 11.5 Å². The summed E-state index contributed by atoms with van der Waals surface area (Å²) >= 11 is 1.80. The molecule has 0 aliphatic heterocycles. The molecule has 0 spiro atoms. The van der Waals surface area contributed by atoms with Crippen LogP contribution in [0.5, 0.6) is 0 Å². The molecule has 0 aliphatic carbocycles. The first-order valence-corrected chi connectivity index (χ1v) is 6.50. The minimum Gasteiger partial charge on any atom is -0.455 e. The van der Waals surface area contributed by atoms with E-state index in [1.165, 1.54) is 0 Å². The second-order valence-electron chi connectivity index (χ2n) is 3.50. The van der Waals surface area contributed by atoms with Gasteiger partial charge in [0, 0.05) is 11.8 Å². The summed E-state index contributed by atoms with van der Waals surface area (Å²) in [4.78, 5) is 11.7. The standard InChI is InChI=1S/C11H18N2O2S/c1-3-16-7-8(2)13-11(14)10-5-4-9(6-12)15-10/h4-5,8H,3,6-7,12H2,1-2H3,(H,13,14). The van der Waals surface area contributed by atoms with E-state index in [9.17, 15) is 4.79 Å². The van der Waals surface area contributed by atoms with Gasteiger partial charge in [0.2, 0.25) is 0 Å². The van der Waals surface area contributed by atoms with Crippen molar-refractivity contribution in [2.24, 2.45) is 5.73 Å². The number of nitrogens with one attached hydrogen (secondary N) is 1. The van der Waals surface area contributed by atoms with Crippen LogP contribution in [0.2, 0.25) is 0 Å². The lowest BCUT2D eigenvalue weighted by Gasteiger charge is -2.11. The minimum atomic E-state index is -0.177. The Bertz CT molecular complexity index is 338. The lowest BCUT2D eigenvalue weighted by Crippen LogP contribution is -2.34. The summed E-state index contributed by atoms with van der Waals surface area (Å²) in [5.74, 6) is 2.74. The monoisotopic (exact) mass is 242 g/mol. The second-order valence-corrected chi connectivity index (χ2v) is 4.82. The van der Waals surface area contributed by atoms with Gasteiger partial charge in [-0.3, -0.25) is 4.79 Å². The fraction of sp³-hybridized carbons (Fsp3) is 0.545. The molecule has 1 rings (SSSR count). The van der Waals surface area contributed by atoms with Gasteiger partial charge in [-0.1, -0.05) is 6.92 Å². The van der Waals surface area contributed by atoms with E-state index < -0.39 is 0 Å². The summed E-state index contributed by atoms with van der Waals surface area (Å²) in [5, 5.41) is 2.87. The molecule has 1 heterocycles. The van der Waals surface area contributed by atoms with Crippen molar-refractivity contribution in [2.45, 2.75) is 26.4 Å². The molecule has 0 bridgehead atoms. The second kappa shape index (κ2) is 6.60. The van der Waals surface area contributed by atoms with Gasteiger partial charge in [0.15, 0.2) is 5.76 Å². The van der Waals surface area contributed by atoms with Gasteiger partial charge in [-0.25, -0.2) is 0 Å². The molecular weight excluding hydrogens is 224 g/mol. The third-order valence-corrected chi connectivity index (χ3v) is 3.18. The predicted octanol–water partition coefficient (Wildman–Crippen LogP) is 1.61. The van der Waals surface area contributed by atoms with Gasteiger partial charge in [0.05, 0.1) is 6.54 Å². The molecule has 0 saturated heterocycles. The van der Waals surface area contributed by atoms with E-state index >= 15 is 0 Å². The molecule has 0 aliphatic rings. The first kappa shape index (κ1) is 13.1. The number of hydrogen-bond donors (Lipinski definition) is 2. The summed E-state index contributed by atoms with van der Waals surface area (Å²) < 4.78 is 5.26. The van der Waals surface area contributed by atoms with Crippen LogP contribution in [0.3, 0.4) is 0 Å². The lowest BCUT2D eigenvalue weighted by atomic mass is 10.3. The molecule has 4 nitrogen and oxygen atoms in total. The van der Waals surface area contributed by atoms with Crippen LogP contribution in [-0.4, -0.2) is 23.5 Å². The number of furan rings is 1. The predicted molar refractivity (Wildman–Crippen MR) is 66.5 cm³/mol. The highest BCUT2D eigenvalue weighted by atomic mass is 32.2. The zero-order valence-electron chi connectivity index (χ0n) is 9.66. The maximum Gasteiger partial charge on any atom is 0.287 e. The number of nitrogens with two attached hydrogens (primary N) is 1. The van der Waals surface area contributed by atoms with Gasteiger partial charge in [0.1, 0.15) is 5.76 Å². The summed E-state index contributed by atoms with van der Waals surface area (Å²) in [5.41, 5.74) is 5.40. The third-order valence-electron chi connectivity index (χ3n) is 2.04. The third kappa shape index (κ3) is 3.90. The van der Waals surface area contributed by atoms with E-state index in [1.54, 1.807) is 23.9 Å². The maximum atomic E-state index is 11.7. The Morgan fingerprint density at radius 2 is 2.38 bits per heavy atom. The van der Waals surface area contributed by atoms with E-state index in [0.717, 1.165) is 11.5 Å². The van der Waals surface area contributed by atoms with Gasteiger partial charge in [-0.2, -0.15) is 11.8 Å². The highest BCUT2D eigenvalue weighted by molar-refractivity contribution is 7.99. The number of hydrogen-bond acceptors (Lipinski definition) is 4. The van der Waals surface area contributed by atoms with Gasteiger partial charge >= 0.3 is 0 Å². The zero-order valence-corrected chi connectivity index (χ0v) is 10.5. The van der Waals surface area contributed by atoms with Crippen LogP contribution in [-0.2, 0) is 6.54 Å². The van der Waals surface area contributed by atoms with E-state index in [0.29, 0.717) is 18.1 Å². The van der Waals surface area contributed by atoms with E-state index in [2.05, 4.69) is 12.2 Å². The van der Waals surface area contributed by atoms with Crippen LogP contribution >= 0.6 is 11.8 Å². The molecule has 3 N–H and O–H groups in total. The first-order chi connectivity index (χ1) is 7.67. The fourth-order valence-corrected chi connectivity index (χ4v) is 1.91. The molecule has 1 aromatic heterocycles. The normalized spacial score (nSPS) is 12.4. The molecule has 1 unspecified atom stereocenters. The highest BCUT2D eigenvalue weighted by Crippen LogP contribution is 2.08. The summed E-state index contributed by atoms with van der Waals surface area (Å²) in [7, 11) is 0.